The lowest BCUT2D eigenvalue weighted by molar-refractivity contribution is -0.123. The summed E-state index contributed by atoms with van der Waals surface area (Å²) in [6, 6.07) is 18.9. The second kappa shape index (κ2) is 11.6. The van der Waals surface area contributed by atoms with Gasteiger partial charge in [0.1, 0.15) is 12.6 Å². The Bertz CT molecular complexity index is 1420. The highest BCUT2D eigenvalue weighted by Crippen LogP contribution is 2.28. The van der Waals surface area contributed by atoms with Crippen LogP contribution in [0.15, 0.2) is 78.9 Å². The van der Waals surface area contributed by atoms with Crippen LogP contribution in [-0.2, 0) is 9.59 Å². The fourth-order valence-electron chi connectivity index (χ4n) is 4.50. The van der Waals surface area contributed by atoms with E-state index < -0.39 is 23.9 Å². The Kier molecular flexibility index (Phi) is 8.04. The van der Waals surface area contributed by atoms with Gasteiger partial charge in [-0.15, -0.1) is 0 Å². The van der Waals surface area contributed by atoms with E-state index in [0.29, 0.717) is 5.69 Å². The quantitative estimate of drug-likeness (QED) is 0.425. The van der Waals surface area contributed by atoms with E-state index in [1.165, 1.54) is 29.2 Å². The van der Waals surface area contributed by atoms with Gasteiger partial charge in [-0.05, 0) is 56.3 Å². The monoisotopic (exact) mass is 528 g/mol. The minimum Gasteiger partial charge on any atom is -0.478 e. The number of rotatable bonds is 7. The van der Waals surface area contributed by atoms with Crippen LogP contribution in [0.4, 0.5) is 21.9 Å². The van der Waals surface area contributed by atoms with Crippen LogP contribution in [0, 0.1) is 0 Å². The number of anilines is 3. The molecule has 0 fully saturated rings. The number of aromatic carboxylic acids is 1. The van der Waals surface area contributed by atoms with Crippen molar-refractivity contribution in [1.29, 1.82) is 0 Å². The molecule has 1 aliphatic heterocycles. The van der Waals surface area contributed by atoms with Crippen LogP contribution in [0.5, 0.6) is 0 Å². The molecular weight excluding hydrogens is 500 g/mol. The van der Waals surface area contributed by atoms with Crippen LogP contribution in [0.25, 0.3) is 0 Å². The summed E-state index contributed by atoms with van der Waals surface area (Å²) in [6.07, 6.45) is -0.310. The lowest BCUT2D eigenvalue weighted by Gasteiger charge is -2.31. The Morgan fingerprint density at radius 3 is 2.36 bits per heavy atom. The van der Waals surface area contributed by atoms with Gasteiger partial charge in [-0.25, -0.2) is 9.59 Å². The molecule has 3 aromatic carbocycles. The molecular formula is C29H28N4O6. The van der Waals surface area contributed by atoms with Gasteiger partial charge in [0.2, 0.25) is 5.91 Å². The maximum atomic E-state index is 13.7. The minimum absolute atomic E-state index is 0.0261. The van der Waals surface area contributed by atoms with Gasteiger partial charge < -0.3 is 25.5 Å². The van der Waals surface area contributed by atoms with Crippen LogP contribution in [0.1, 0.15) is 41.0 Å². The smallest absolute Gasteiger partial charge is 0.335 e. The van der Waals surface area contributed by atoms with Crippen LogP contribution in [0.2, 0.25) is 0 Å². The summed E-state index contributed by atoms with van der Waals surface area (Å²) in [5.74, 6) is -2.50. The Morgan fingerprint density at radius 1 is 0.974 bits per heavy atom. The third kappa shape index (κ3) is 6.12. The van der Waals surface area contributed by atoms with E-state index in [1.54, 1.807) is 41.3 Å². The average molecular weight is 529 g/mol. The van der Waals surface area contributed by atoms with Crippen molar-refractivity contribution in [1.82, 2.24) is 5.32 Å². The van der Waals surface area contributed by atoms with Gasteiger partial charge >= 0.3 is 12.0 Å². The van der Waals surface area contributed by atoms with Gasteiger partial charge in [-0.3, -0.25) is 14.4 Å². The summed E-state index contributed by atoms with van der Waals surface area (Å²) in [7, 11) is 0. The number of fused-ring (bicyclic) bond motifs is 1. The molecule has 0 saturated carbocycles. The summed E-state index contributed by atoms with van der Waals surface area (Å²) in [5, 5.41) is 14.2. The van der Waals surface area contributed by atoms with Gasteiger partial charge in [-0.1, -0.05) is 36.4 Å². The molecule has 0 bridgehead atoms. The molecule has 39 heavy (non-hydrogen) atoms. The first-order chi connectivity index (χ1) is 18.7. The predicted molar refractivity (Wildman–Crippen MR) is 146 cm³/mol. The highest BCUT2D eigenvalue weighted by atomic mass is 16.4. The van der Waals surface area contributed by atoms with Crippen molar-refractivity contribution in [3.05, 3.63) is 90.0 Å². The SMILES string of the molecule is CC(C)N(C(=O)CN1C(=O)C(NC(=O)Nc2cccc(C(=O)O)c2)CC(=O)c2ccccc21)c1ccccc1. The number of ketones is 1. The lowest BCUT2D eigenvalue weighted by Crippen LogP contribution is -2.52. The predicted octanol–water partition coefficient (Wildman–Crippen LogP) is 3.94. The molecule has 4 rings (SSSR count). The van der Waals surface area contributed by atoms with Crippen molar-refractivity contribution in [2.75, 3.05) is 21.7 Å². The van der Waals surface area contributed by atoms with Gasteiger partial charge in [0.25, 0.3) is 5.91 Å². The zero-order valence-corrected chi connectivity index (χ0v) is 21.5. The van der Waals surface area contributed by atoms with E-state index in [1.807, 2.05) is 32.0 Å². The summed E-state index contributed by atoms with van der Waals surface area (Å²) in [5.41, 5.74) is 1.40. The van der Waals surface area contributed by atoms with Crippen molar-refractivity contribution in [3.63, 3.8) is 0 Å². The van der Waals surface area contributed by atoms with E-state index >= 15 is 0 Å². The fourth-order valence-corrected chi connectivity index (χ4v) is 4.50. The zero-order valence-electron chi connectivity index (χ0n) is 21.5. The fraction of sp³-hybridized carbons (Fsp3) is 0.207. The van der Waals surface area contributed by atoms with Crippen LogP contribution in [-0.4, -0.2) is 53.3 Å². The number of carbonyl (C=O) groups excluding carboxylic acids is 4. The molecule has 3 aromatic rings. The molecule has 0 saturated heterocycles. The molecule has 0 aromatic heterocycles. The molecule has 0 radical (unpaired) electrons. The number of Topliss-reactive ketones (excluding diaryl/α,β-unsaturated/α-hetero) is 1. The van der Waals surface area contributed by atoms with E-state index in [0.717, 1.165) is 0 Å². The molecule has 200 valence electrons. The first kappa shape index (κ1) is 27.1. The highest BCUT2D eigenvalue weighted by Gasteiger charge is 2.37. The number of nitrogens with zero attached hydrogens (tertiary/aromatic N) is 2. The third-order valence-electron chi connectivity index (χ3n) is 6.23. The number of para-hydroxylation sites is 2. The van der Waals surface area contributed by atoms with Crippen molar-refractivity contribution < 1.29 is 29.1 Å². The topological polar surface area (TPSA) is 136 Å². The van der Waals surface area contributed by atoms with Crippen molar-refractivity contribution >= 4 is 46.7 Å². The Labute approximate surface area is 225 Å². The molecule has 10 heteroatoms. The summed E-state index contributed by atoms with van der Waals surface area (Å²) in [6.45, 7) is 3.37. The maximum Gasteiger partial charge on any atom is 0.335 e. The first-order valence-corrected chi connectivity index (χ1v) is 12.4. The van der Waals surface area contributed by atoms with Crippen LogP contribution >= 0.6 is 0 Å². The highest BCUT2D eigenvalue weighted by molar-refractivity contribution is 6.15. The largest absolute Gasteiger partial charge is 0.478 e. The molecule has 0 aliphatic carbocycles. The van der Waals surface area contributed by atoms with Gasteiger partial charge in [0.05, 0.1) is 11.3 Å². The van der Waals surface area contributed by atoms with Crippen LogP contribution in [0.3, 0.4) is 0 Å². The third-order valence-corrected chi connectivity index (χ3v) is 6.23. The van der Waals surface area contributed by atoms with Crippen molar-refractivity contribution in [2.45, 2.75) is 32.4 Å². The molecule has 3 N–H and O–H groups in total. The molecule has 1 aliphatic rings. The normalized spacial score (nSPS) is 14.8. The number of hydrogen-bond donors (Lipinski definition) is 3. The number of carboxylic acid groups (broad SMARTS) is 1. The first-order valence-electron chi connectivity index (χ1n) is 12.4. The second-order valence-corrected chi connectivity index (χ2v) is 9.30. The van der Waals surface area contributed by atoms with Gasteiger partial charge in [0, 0.05) is 29.4 Å². The number of hydrogen-bond acceptors (Lipinski definition) is 5. The zero-order chi connectivity index (χ0) is 28.1. The number of carboxylic acids is 1. The van der Waals surface area contributed by atoms with Crippen LogP contribution < -0.4 is 20.4 Å². The summed E-state index contributed by atoms with van der Waals surface area (Å²) < 4.78 is 0. The molecule has 10 nitrogen and oxygen atoms in total. The Morgan fingerprint density at radius 2 is 1.67 bits per heavy atom. The van der Waals surface area contributed by atoms with E-state index in [2.05, 4.69) is 10.6 Å². The molecule has 1 unspecified atom stereocenters. The number of nitrogens with one attached hydrogen (secondary N) is 2. The summed E-state index contributed by atoms with van der Waals surface area (Å²) >= 11 is 0. The Balaban J connectivity index is 1.60. The maximum absolute atomic E-state index is 13.7. The number of amides is 4. The molecule has 1 heterocycles. The standard InChI is InChI=1S/C29H28N4O6/c1-18(2)33(21-11-4-3-5-12-21)26(35)17-32-24-14-7-6-13-22(24)25(34)16-23(27(32)36)31-29(39)30-20-10-8-9-19(15-20)28(37)38/h3-15,18,23H,16-17H2,1-2H3,(H,37,38)(H2,30,31,39). The molecule has 4 amide bonds. The van der Waals surface area contributed by atoms with Gasteiger partial charge in [0.15, 0.2) is 5.78 Å². The Hall–Kier alpha value is -4.99. The van der Waals surface area contributed by atoms with E-state index in [-0.39, 0.29) is 53.2 Å². The molecule has 0 spiro atoms. The average Bonchev–Trinajstić information content (AvgIpc) is 3.00. The van der Waals surface area contributed by atoms with Crippen molar-refractivity contribution in [2.24, 2.45) is 0 Å². The van der Waals surface area contributed by atoms with Crippen molar-refractivity contribution in [3.8, 4) is 0 Å². The number of carbonyl (C=O) groups is 5. The second-order valence-electron chi connectivity index (χ2n) is 9.30. The number of urea groups is 1. The van der Waals surface area contributed by atoms with Gasteiger partial charge in [-0.2, -0.15) is 0 Å². The van der Waals surface area contributed by atoms with E-state index in [9.17, 15) is 29.1 Å². The lowest BCUT2D eigenvalue weighted by atomic mass is 10.0. The van der Waals surface area contributed by atoms with E-state index in [4.69, 9.17) is 0 Å². The minimum atomic E-state index is -1.26. The summed E-state index contributed by atoms with van der Waals surface area (Å²) in [4.78, 5) is 67.2. The molecule has 1 atom stereocenters. The number of benzene rings is 3.